The predicted molar refractivity (Wildman–Crippen MR) is 67.2 cm³/mol. The zero-order valence-electron chi connectivity index (χ0n) is 9.98. The summed E-state index contributed by atoms with van der Waals surface area (Å²) in [6, 6.07) is 0. The van der Waals surface area contributed by atoms with Crippen LogP contribution in [0.1, 0.15) is 27.2 Å². The van der Waals surface area contributed by atoms with Crippen LogP contribution in [0.3, 0.4) is 0 Å². The first-order valence-corrected chi connectivity index (χ1v) is 6.28. The van der Waals surface area contributed by atoms with E-state index in [1.807, 2.05) is 11.8 Å². The molecule has 0 aromatic carbocycles. The molecule has 3 nitrogen and oxygen atoms in total. The van der Waals surface area contributed by atoms with Crippen molar-refractivity contribution in [2.45, 2.75) is 31.9 Å². The SMILES string of the molecule is CCCNC(=NC)NCC(C)(C)SC. The summed E-state index contributed by atoms with van der Waals surface area (Å²) in [5.41, 5.74) is 0. The third-order valence-corrected chi connectivity index (χ3v) is 3.25. The van der Waals surface area contributed by atoms with Crippen LogP contribution in [0.2, 0.25) is 0 Å². The molecule has 0 fully saturated rings. The number of hydrogen-bond acceptors (Lipinski definition) is 2. The second kappa shape index (κ2) is 6.98. The molecule has 0 rings (SSSR count). The summed E-state index contributed by atoms with van der Waals surface area (Å²) in [6.07, 6.45) is 3.25. The molecule has 0 radical (unpaired) electrons. The van der Waals surface area contributed by atoms with Crippen molar-refractivity contribution in [3.8, 4) is 0 Å². The van der Waals surface area contributed by atoms with Crippen LogP contribution >= 0.6 is 11.8 Å². The zero-order valence-corrected chi connectivity index (χ0v) is 10.8. The molecule has 0 aromatic rings. The molecule has 0 spiro atoms. The molecule has 0 aliphatic heterocycles. The monoisotopic (exact) mass is 217 g/mol. The van der Waals surface area contributed by atoms with Gasteiger partial charge in [0.1, 0.15) is 0 Å². The third-order valence-electron chi connectivity index (χ3n) is 2.00. The molecule has 0 atom stereocenters. The minimum Gasteiger partial charge on any atom is -0.356 e. The maximum Gasteiger partial charge on any atom is 0.191 e. The summed E-state index contributed by atoms with van der Waals surface area (Å²) in [6.45, 7) is 8.48. The lowest BCUT2D eigenvalue weighted by atomic mass is 10.2. The highest BCUT2D eigenvalue weighted by atomic mass is 32.2. The molecule has 0 bridgehead atoms. The van der Waals surface area contributed by atoms with Gasteiger partial charge in [0.15, 0.2) is 5.96 Å². The van der Waals surface area contributed by atoms with Gasteiger partial charge in [0.25, 0.3) is 0 Å². The minimum atomic E-state index is 0.254. The Hall–Kier alpha value is -0.380. The summed E-state index contributed by atoms with van der Waals surface area (Å²) in [4.78, 5) is 4.15. The fourth-order valence-corrected chi connectivity index (χ4v) is 1.05. The predicted octanol–water partition coefficient (Wildman–Crippen LogP) is 1.70. The van der Waals surface area contributed by atoms with E-state index in [0.29, 0.717) is 0 Å². The third kappa shape index (κ3) is 6.13. The molecule has 0 saturated heterocycles. The van der Waals surface area contributed by atoms with Crippen molar-refractivity contribution in [3.63, 3.8) is 0 Å². The Balaban J connectivity index is 3.85. The largest absolute Gasteiger partial charge is 0.356 e. The van der Waals surface area contributed by atoms with Crippen molar-refractivity contribution < 1.29 is 0 Å². The second-order valence-electron chi connectivity index (χ2n) is 3.82. The molecule has 0 amide bonds. The molecule has 84 valence electrons. The smallest absolute Gasteiger partial charge is 0.191 e. The molecule has 4 heteroatoms. The van der Waals surface area contributed by atoms with Gasteiger partial charge >= 0.3 is 0 Å². The Morgan fingerprint density at radius 3 is 2.43 bits per heavy atom. The van der Waals surface area contributed by atoms with Gasteiger partial charge in [-0.2, -0.15) is 11.8 Å². The van der Waals surface area contributed by atoms with Crippen molar-refractivity contribution in [1.82, 2.24) is 10.6 Å². The van der Waals surface area contributed by atoms with Crippen LogP contribution in [-0.4, -0.2) is 37.1 Å². The van der Waals surface area contributed by atoms with E-state index in [4.69, 9.17) is 0 Å². The highest BCUT2D eigenvalue weighted by Gasteiger charge is 2.15. The number of nitrogens with zero attached hydrogens (tertiary/aromatic N) is 1. The lowest BCUT2D eigenvalue weighted by molar-refractivity contribution is 0.663. The quantitative estimate of drug-likeness (QED) is 0.543. The topological polar surface area (TPSA) is 36.4 Å². The zero-order chi connectivity index (χ0) is 11.0. The molecule has 0 aromatic heterocycles. The molecule has 0 heterocycles. The first-order chi connectivity index (χ1) is 6.55. The van der Waals surface area contributed by atoms with E-state index < -0.39 is 0 Å². The molecule has 14 heavy (non-hydrogen) atoms. The standard InChI is InChI=1S/C10H23N3S/c1-6-7-12-9(11-4)13-8-10(2,3)14-5/h6-8H2,1-5H3,(H2,11,12,13). The Labute approximate surface area is 92.1 Å². The summed E-state index contributed by atoms with van der Waals surface area (Å²) >= 11 is 1.86. The van der Waals surface area contributed by atoms with E-state index in [0.717, 1.165) is 25.5 Å². The van der Waals surface area contributed by atoms with Crippen LogP contribution in [0.4, 0.5) is 0 Å². The van der Waals surface area contributed by atoms with E-state index in [-0.39, 0.29) is 4.75 Å². The van der Waals surface area contributed by atoms with Crippen LogP contribution < -0.4 is 10.6 Å². The van der Waals surface area contributed by atoms with Crippen molar-refractivity contribution in [2.75, 3.05) is 26.4 Å². The maximum atomic E-state index is 4.15. The van der Waals surface area contributed by atoms with Crippen molar-refractivity contribution in [2.24, 2.45) is 4.99 Å². The first kappa shape index (κ1) is 13.6. The highest BCUT2D eigenvalue weighted by molar-refractivity contribution is 7.99. The van der Waals surface area contributed by atoms with Gasteiger partial charge in [-0.05, 0) is 26.5 Å². The fourth-order valence-electron chi connectivity index (χ4n) is 0.833. The summed E-state index contributed by atoms with van der Waals surface area (Å²) < 4.78 is 0.254. The summed E-state index contributed by atoms with van der Waals surface area (Å²) in [7, 11) is 1.80. The van der Waals surface area contributed by atoms with Crippen LogP contribution in [0, 0.1) is 0 Å². The van der Waals surface area contributed by atoms with Crippen LogP contribution in [0.15, 0.2) is 4.99 Å². The molecular weight excluding hydrogens is 194 g/mol. The number of hydrogen-bond donors (Lipinski definition) is 2. The molecular formula is C10H23N3S. The van der Waals surface area contributed by atoms with E-state index in [1.165, 1.54) is 0 Å². The lowest BCUT2D eigenvalue weighted by Crippen LogP contribution is -2.43. The first-order valence-electron chi connectivity index (χ1n) is 5.05. The van der Waals surface area contributed by atoms with Crippen molar-refractivity contribution in [1.29, 1.82) is 0 Å². The number of guanidine groups is 1. The Bertz CT molecular complexity index is 178. The van der Waals surface area contributed by atoms with Gasteiger partial charge in [-0.15, -0.1) is 0 Å². The van der Waals surface area contributed by atoms with Crippen LogP contribution in [0.25, 0.3) is 0 Å². The molecule has 2 N–H and O–H groups in total. The number of thioether (sulfide) groups is 1. The van der Waals surface area contributed by atoms with Crippen molar-refractivity contribution in [3.05, 3.63) is 0 Å². The van der Waals surface area contributed by atoms with Crippen molar-refractivity contribution >= 4 is 17.7 Å². The number of aliphatic imine (C=N–C) groups is 1. The van der Waals surface area contributed by atoms with Gasteiger partial charge < -0.3 is 10.6 Å². The van der Waals surface area contributed by atoms with E-state index >= 15 is 0 Å². The van der Waals surface area contributed by atoms with Gasteiger partial charge in [-0.1, -0.05) is 6.92 Å². The second-order valence-corrected chi connectivity index (χ2v) is 5.33. The maximum absolute atomic E-state index is 4.15. The fraction of sp³-hybridized carbons (Fsp3) is 0.900. The Morgan fingerprint density at radius 2 is 2.00 bits per heavy atom. The summed E-state index contributed by atoms with van der Waals surface area (Å²) in [5, 5.41) is 6.56. The van der Waals surface area contributed by atoms with E-state index in [1.54, 1.807) is 7.05 Å². The van der Waals surface area contributed by atoms with Gasteiger partial charge in [0, 0.05) is 24.9 Å². The normalized spacial score (nSPS) is 12.8. The summed E-state index contributed by atoms with van der Waals surface area (Å²) in [5.74, 6) is 0.897. The molecule has 0 aliphatic rings. The van der Waals surface area contributed by atoms with Gasteiger partial charge in [0.05, 0.1) is 0 Å². The van der Waals surface area contributed by atoms with Crippen LogP contribution in [-0.2, 0) is 0 Å². The van der Waals surface area contributed by atoms with Crippen LogP contribution in [0.5, 0.6) is 0 Å². The average molecular weight is 217 g/mol. The van der Waals surface area contributed by atoms with E-state index in [2.05, 4.69) is 42.7 Å². The molecule has 0 unspecified atom stereocenters. The Kier molecular flexibility index (Phi) is 6.79. The number of nitrogens with one attached hydrogen (secondary N) is 2. The number of rotatable bonds is 5. The Morgan fingerprint density at radius 1 is 1.36 bits per heavy atom. The highest BCUT2D eigenvalue weighted by Crippen LogP contribution is 2.19. The molecule has 0 aliphatic carbocycles. The average Bonchev–Trinajstić information content (AvgIpc) is 2.18. The molecule has 0 saturated carbocycles. The minimum absolute atomic E-state index is 0.254. The van der Waals surface area contributed by atoms with Gasteiger partial charge in [-0.25, -0.2) is 0 Å². The van der Waals surface area contributed by atoms with Gasteiger partial charge in [-0.3, -0.25) is 4.99 Å². The van der Waals surface area contributed by atoms with Gasteiger partial charge in [0.2, 0.25) is 0 Å². The van der Waals surface area contributed by atoms with E-state index in [9.17, 15) is 0 Å². The lowest BCUT2D eigenvalue weighted by Gasteiger charge is -2.23.